The normalized spacial score (nSPS) is 14.6. The van der Waals surface area contributed by atoms with E-state index in [1.165, 1.54) is 0 Å². The number of sulfone groups is 1. The smallest absolute Gasteiger partial charge is 0.333 e. The van der Waals surface area contributed by atoms with Crippen LogP contribution >= 0.6 is 0 Å². The minimum atomic E-state index is -3.58. The van der Waals surface area contributed by atoms with E-state index in [0.29, 0.717) is 42.3 Å². The molecule has 7 aromatic rings. The van der Waals surface area contributed by atoms with Crippen LogP contribution in [-0.2, 0) is 58.8 Å². The summed E-state index contributed by atoms with van der Waals surface area (Å²) in [5.74, 6) is -6.75. The molecule has 0 saturated carbocycles. The molecule has 4 aromatic heterocycles. The van der Waals surface area contributed by atoms with Crippen molar-refractivity contribution in [2.45, 2.75) is 57.4 Å². The van der Waals surface area contributed by atoms with Gasteiger partial charge in [0.2, 0.25) is 5.91 Å². The fraction of sp³-hybridized carbons (Fsp3) is 0.264. The zero-order valence-corrected chi connectivity index (χ0v) is 42.8. The van der Waals surface area contributed by atoms with Gasteiger partial charge in [0.25, 0.3) is 11.8 Å². The number of fused-ring (bicyclic) bond motifs is 3. The van der Waals surface area contributed by atoms with E-state index < -0.39 is 74.5 Å². The minimum absolute atomic E-state index is 0. The van der Waals surface area contributed by atoms with Gasteiger partial charge in [0.1, 0.15) is 9.84 Å². The van der Waals surface area contributed by atoms with Gasteiger partial charge in [-0.3, -0.25) is 46.7 Å². The van der Waals surface area contributed by atoms with Crippen molar-refractivity contribution in [3.8, 4) is 22.5 Å². The van der Waals surface area contributed by atoms with Gasteiger partial charge in [-0.2, -0.15) is 0 Å². The molecule has 3 amide bonds. The van der Waals surface area contributed by atoms with Gasteiger partial charge >= 0.3 is 5.97 Å². The number of nitrogens with one attached hydrogen (secondary N) is 1. The Kier molecular flexibility index (Phi) is 19.7. The number of anilines is 1. The van der Waals surface area contributed by atoms with E-state index in [1.807, 2.05) is 35.2 Å². The third-order valence-corrected chi connectivity index (χ3v) is 12.6. The number of halogens is 4. The zero-order valence-electron chi connectivity index (χ0n) is 39.6. The number of pyridine rings is 4. The maximum atomic E-state index is 13.7. The fourth-order valence-corrected chi connectivity index (χ4v) is 9.21. The van der Waals surface area contributed by atoms with Crippen molar-refractivity contribution in [2.75, 3.05) is 30.0 Å². The summed E-state index contributed by atoms with van der Waals surface area (Å²) < 4.78 is 76.0. The van der Waals surface area contributed by atoms with Gasteiger partial charge in [-0.15, -0.1) is 29.3 Å². The van der Waals surface area contributed by atoms with E-state index in [0.717, 1.165) is 64.4 Å². The number of Topliss-reactive ketones (excluding diaryl/α,β-unsaturated/α-hetero) is 1. The number of carbonyl (C=O) groups is 5. The van der Waals surface area contributed by atoms with Gasteiger partial charge < -0.3 is 25.0 Å². The Hall–Kier alpha value is -7.35. The first-order chi connectivity index (χ1) is 35.1. The van der Waals surface area contributed by atoms with Crippen LogP contribution in [-0.4, -0.2) is 94.0 Å². The second-order valence-electron chi connectivity index (χ2n) is 17.0. The second kappa shape index (κ2) is 26.0. The van der Waals surface area contributed by atoms with E-state index >= 15 is 0 Å². The van der Waals surface area contributed by atoms with Gasteiger partial charge in [-0.1, -0.05) is 59.7 Å². The number of ketones is 1. The molecule has 2 aliphatic heterocycles. The monoisotopic (exact) mass is 1210 g/mol. The van der Waals surface area contributed by atoms with E-state index in [9.17, 15) is 50.0 Å². The van der Waals surface area contributed by atoms with Crippen molar-refractivity contribution >= 4 is 66.8 Å². The van der Waals surface area contributed by atoms with E-state index in [-0.39, 0.29) is 69.2 Å². The molecule has 2 fully saturated rings. The predicted molar refractivity (Wildman–Crippen MR) is 261 cm³/mol. The Bertz CT molecular complexity index is 3150. The maximum Gasteiger partial charge on any atom is 0.333 e. The molecule has 15 nitrogen and oxygen atoms in total. The van der Waals surface area contributed by atoms with Crippen LogP contribution in [0.2, 0.25) is 0 Å². The number of hydroxylamine groups is 2. The third kappa shape index (κ3) is 14.9. The molecule has 21 heteroatoms. The molecule has 9 rings (SSSR count). The maximum absolute atomic E-state index is 13.7. The van der Waals surface area contributed by atoms with Gasteiger partial charge in [0.05, 0.1) is 28.7 Å². The number of benzene rings is 3. The van der Waals surface area contributed by atoms with Crippen molar-refractivity contribution in [2.24, 2.45) is 5.92 Å². The molecule has 6 heterocycles. The standard InChI is InChI=1S/C31H35N5O8S.2C11H6F2N.Ir/c1-45(42,43)19-21(31(41)34-14-3-2-8-28(40)44-36-26(38)11-12-27(36)39)18-25(37)24-7-5-17-35(24)23-13-16-33-30-22(23)10-9-20-6-4-15-32-29(20)30;2*12-8-4-5-9(10(13)7-8)11-3-1-2-6-14-11;/h4,6,9-10,13,15-16,21,24H,2-3,5,7-8,11-12,14,17-19H2,1H3,(H,34,41);2*1-4,6-7H;/q;2*-1;. The average molecular weight is 1210 g/mol. The first-order valence-corrected chi connectivity index (χ1v) is 25.1. The van der Waals surface area contributed by atoms with Gasteiger partial charge in [0, 0.05) is 130 Å². The molecule has 2 unspecified atom stereocenters. The van der Waals surface area contributed by atoms with Gasteiger partial charge in [0.15, 0.2) is 5.78 Å². The molecule has 0 aliphatic carbocycles. The van der Waals surface area contributed by atoms with Crippen LogP contribution in [0.25, 0.3) is 44.3 Å². The Morgan fingerprint density at radius 2 is 1.38 bits per heavy atom. The summed E-state index contributed by atoms with van der Waals surface area (Å²) in [6.07, 6.45) is 9.21. The second-order valence-corrected chi connectivity index (χ2v) is 19.2. The van der Waals surface area contributed by atoms with Crippen LogP contribution in [0.4, 0.5) is 23.2 Å². The molecule has 1 radical (unpaired) electrons. The number of aromatic nitrogens is 4. The van der Waals surface area contributed by atoms with Crippen molar-refractivity contribution in [1.29, 1.82) is 0 Å². The zero-order chi connectivity index (χ0) is 52.1. The van der Waals surface area contributed by atoms with Crippen molar-refractivity contribution in [1.82, 2.24) is 30.3 Å². The molecule has 2 atom stereocenters. The fourth-order valence-electron chi connectivity index (χ4n) is 8.21. The summed E-state index contributed by atoms with van der Waals surface area (Å²) in [5.41, 5.74) is 3.60. The van der Waals surface area contributed by atoms with Crippen molar-refractivity contribution in [3.05, 3.63) is 151 Å². The topological polar surface area (TPSA) is 199 Å². The molecule has 2 saturated heterocycles. The van der Waals surface area contributed by atoms with Crippen LogP contribution < -0.4 is 10.2 Å². The molecule has 0 bridgehead atoms. The molecule has 74 heavy (non-hydrogen) atoms. The Labute approximate surface area is 437 Å². The number of hydrogen-bond donors (Lipinski definition) is 1. The SMILES string of the molecule is CS(=O)(=O)CC(CC(=O)C1CCCN1c1ccnc2c1ccc1cccnc12)C(=O)NCCCCC(=O)ON1C(=O)CCC1=O.Fc1c[c-]c(-c2ccccn2)c(F)c1.Fc1c[c-]c(-c2ccccn2)c(F)c1.[Ir]. The number of hydrogen-bond acceptors (Lipinski definition) is 13. The molecular formula is C53H47F4IrN7O8S-2. The van der Waals surface area contributed by atoms with Gasteiger partial charge in [-0.25, -0.2) is 13.2 Å². The van der Waals surface area contributed by atoms with E-state index in [1.54, 1.807) is 61.2 Å². The molecule has 2 aliphatic rings. The van der Waals surface area contributed by atoms with Crippen LogP contribution in [0.15, 0.2) is 116 Å². The Morgan fingerprint density at radius 3 is 1.96 bits per heavy atom. The van der Waals surface area contributed by atoms with Crippen LogP contribution in [0.3, 0.4) is 0 Å². The minimum Gasteiger partial charge on any atom is -0.361 e. The number of unbranched alkanes of at least 4 members (excludes halogenated alkanes) is 1. The first kappa shape index (κ1) is 56.0. The van der Waals surface area contributed by atoms with E-state index in [2.05, 4.69) is 37.4 Å². The van der Waals surface area contributed by atoms with Crippen molar-refractivity contribution < 1.29 is 74.9 Å². The van der Waals surface area contributed by atoms with Crippen LogP contribution in [0.5, 0.6) is 0 Å². The number of rotatable bonds is 15. The summed E-state index contributed by atoms with van der Waals surface area (Å²) in [6, 6.07) is 28.1. The first-order valence-electron chi connectivity index (χ1n) is 23.1. The quantitative estimate of drug-likeness (QED) is 0.0342. The molecule has 3 aromatic carbocycles. The van der Waals surface area contributed by atoms with Gasteiger partial charge in [-0.05, 0) is 67.4 Å². The molecule has 387 valence electrons. The number of imide groups is 1. The molecular weight excluding hydrogens is 1160 g/mol. The summed E-state index contributed by atoms with van der Waals surface area (Å²) >= 11 is 0. The summed E-state index contributed by atoms with van der Waals surface area (Å²) in [6.45, 7) is 0.768. The predicted octanol–water partition coefficient (Wildman–Crippen LogP) is 7.92. The van der Waals surface area contributed by atoms with Crippen molar-refractivity contribution in [3.63, 3.8) is 0 Å². The molecule has 1 N–H and O–H groups in total. The Morgan fingerprint density at radius 1 is 0.770 bits per heavy atom. The largest absolute Gasteiger partial charge is 0.361 e. The third-order valence-electron chi connectivity index (χ3n) is 11.6. The van der Waals surface area contributed by atoms with Crippen LogP contribution in [0.1, 0.15) is 51.4 Å². The van der Waals surface area contributed by atoms with Crippen LogP contribution in [0, 0.1) is 41.3 Å². The average Bonchev–Trinajstić information content (AvgIpc) is 3.99. The number of amides is 3. The summed E-state index contributed by atoms with van der Waals surface area (Å²) in [5, 5.41) is 4.99. The number of carbonyl (C=O) groups excluding carboxylic acids is 5. The molecule has 0 spiro atoms. The van der Waals surface area contributed by atoms with E-state index in [4.69, 9.17) is 4.84 Å². The summed E-state index contributed by atoms with van der Waals surface area (Å²) in [4.78, 5) is 85.7. The number of nitrogens with zero attached hydrogens (tertiary/aromatic N) is 6. The summed E-state index contributed by atoms with van der Waals surface area (Å²) in [7, 11) is -3.58. The Balaban J connectivity index is 0.000000247.